The smallest absolute Gasteiger partial charge is 0.101 e. The third-order valence-electron chi connectivity index (χ3n) is 1.55. The van der Waals surface area contributed by atoms with Crippen molar-refractivity contribution in [2.75, 3.05) is 0 Å². The molecule has 0 unspecified atom stereocenters. The minimum absolute atomic E-state index is 0.199. The molecule has 0 saturated heterocycles. The Morgan fingerprint density at radius 1 is 1.15 bits per heavy atom. The van der Waals surface area contributed by atoms with Crippen LogP contribution in [0.15, 0.2) is 12.1 Å². The second kappa shape index (κ2) is 4.14. The molecule has 0 aliphatic heterocycles. The second-order valence-electron chi connectivity index (χ2n) is 2.35. The van der Waals surface area contributed by atoms with Crippen LogP contribution in [-0.4, -0.2) is 0 Å². The van der Waals surface area contributed by atoms with Gasteiger partial charge in [0.2, 0.25) is 0 Å². The Bertz CT molecular complexity index is 413. The van der Waals surface area contributed by atoms with Gasteiger partial charge in [0.25, 0.3) is 0 Å². The van der Waals surface area contributed by atoms with Crippen molar-refractivity contribution in [3.63, 3.8) is 0 Å². The van der Waals surface area contributed by atoms with E-state index in [9.17, 15) is 0 Å². The molecule has 0 radical (unpaired) electrons. The molecule has 0 N–H and O–H groups in total. The Hall–Kier alpha value is -1.22. The molecule has 0 heterocycles. The van der Waals surface area contributed by atoms with Gasteiger partial charge < -0.3 is 0 Å². The molecule has 0 aromatic heterocycles. The number of benzene rings is 1. The molecule has 64 valence electrons. The summed E-state index contributed by atoms with van der Waals surface area (Å²) in [6.07, 6.45) is 0.199. The van der Waals surface area contributed by atoms with Crippen molar-refractivity contribution in [2.24, 2.45) is 0 Å². The van der Waals surface area contributed by atoms with E-state index in [0.717, 1.165) is 0 Å². The van der Waals surface area contributed by atoms with Crippen molar-refractivity contribution in [1.29, 1.82) is 10.5 Å². The zero-order valence-electron chi connectivity index (χ0n) is 6.51. The standard InChI is InChI=1S/C9H4Cl2N2/c10-8-6(3-4-12)1-2-7(5-13)9(8)11/h1-2H,3H2. The van der Waals surface area contributed by atoms with Crippen molar-refractivity contribution in [1.82, 2.24) is 0 Å². The summed E-state index contributed by atoms with van der Waals surface area (Å²) in [6.45, 7) is 0. The highest BCUT2D eigenvalue weighted by molar-refractivity contribution is 6.43. The van der Waals surface area contributed by atoms with E-state index >= 15 is 0 Å². The number of rotatable bonds is 1. The number of hydrogen-bond acceptors (Lipinski definition) is 2. The summed E-state index contributed by atoms with van der Waals surface area (Å²) in [5.41, 5.74) is 0.974. The fraction of sp³-hybridized carbons (Fsp3) is 0.111. The van der Waals surface area contributed by atoms with Crippen molar-refractivity contribution in [3.05, 3.63) is 33.3 Å². The average Bonchev–Trinajstić information content (AvgIpc) is 2.14. The Labute approximate surface area is 85.9 Å². The first-order valence-electron chi connectivity index (χ1n) is 3.44. The van der Waals surface area contributed by atoms with Crippen LogP contribution in [-0.2, 0) is 6.42 Å². The predicted molar refractivity (Wildman–Crippen MR) is 50.5 cm³/mol. The number of hydrogen-bond donors (Lipinski definition) is 0. The first-order valence-corrected chi connectivity index (χ1v) is 4.20. The maximum Gasteiger partial charge on any atom is 0.101 e. The molecule has 0 amide bonds. The summed E-state index contributed by atoms with van der Waals surface area (Å²) < 4.78 is 0. The molecular formula is C9H4Cl2N2. The van der Waals surface area contributed by atoms with Gasteiger partial charge in [0.05, 0.1) is 28.1 Å². The molecule has 0 aliphatic rings. The van der Waals surface area contributed by atoms with E-state index in [1.54, 1.807) is 12.1 Å². The van der Waals surface area contributed by atoms with Crippen molar-refractivity contribution < 1.29 is 0 Å². The van der Waals surface area contributed by atoms with Crippen molar-refractivity contribution in [2.45, 2.75) is 6.42 Å². The summed E-state index contributed by atoms with van der Waals surface area (Å²) in [5, 5.41) is 17.6. The molecule has 4 heteroatoms. The van der Waals surface area contributed by atoms with Gasteiger partial charge in [0.1, 0.15) is 6.07 Å². The van der Waals surface area contributed by atoms with Crippen LogP contribution in [0.4, 0.5) is 0 Å². The molecule has 13 heavy (non-hydrogen) atoms. The van der Waals surface area contributed by atoms with Crippen LogP contribution in [0.2, 0.25) is 10.0 Å². The SMILES string of the molecule is N#CCc1ccc(C#N)c(Cl)c1Cl. The van der Waals surface area contributed by atoms with Gasteiger partial charge in [-0.05, 0) is 11.6 Å². The van der Waals surface area contributed by atoms with Crippen LogP contribution in [0.3, 0.4) is 0 Å². The lowest BCUT2D eigenvalue weighted by Crippen LogP contribution is -1.87. The normalized spacial score (nSPS) is 8.92. The summed E-state index contributed by atoms with van der Waals surface area (Å²) in [4.78, 5) is 0. The summed E-state index contributed by atoms with van der Waals surface area (Å²) in [5.74, 6) is 0. The average molecular weight is 211 g/mol. The fourth-order valence-electron chi connectivity index (χ4n) is 0.897. The molecule has 1 aromatic rings. The highest BCUT2D eigenvalue weighted by Crippen LogP contribution is 2.29. The van der Waals surface area contributed by atoms with E-state index in [0.29, 0.717) is 16.1 Å². The predicted octanol–water partition coefficient (Wildman–Crippen LogP) is 2.93. The molecule has 0 fully saturated rings. The van der Waals surface area contributed by atoms with Gasteiger partial charge in [-0.15, -0.1) is 0 Å². The summed E-state index contributed by atoms with van der Waals surface area (Å²) in [6, 6.07) is 7.06. The minimum Gasteiger partial charge on any atom is -0.198 e. The largest absolute Gasteiger partial charge is 0.198 e. The van der Waals surface area contributed by atoms with Gasteiger partial charge in [-0.25, -0.2) is 0 Å². The van der Waals surface area contributed by atoms with Crippen LogP contribution in [0.1, 0.15) is 11.1 Å². The minimum atomic E-state index is 0.199. The lowest BCUT2D eigenvalue weighted by Gasteiger charge is -2.02. The van der Waals surface area contributed by atoms with Gasteiger partial charge in [-0.2, -0.15) is 10.5 Å². The highest BCUT2D eigenvalue weighted by atomic mass is 35.5. The van der Waals surface area contributed by atoms with E-state index < -0.39 is 0 Å². The first-order chi connectivity index (χ1) is 6.20. The number of halogens is 2. The van der Waals surface area contributed by atoms with Crippen LogP contribution in [0.25, 0.3) is 0 Å². The maximum absolute atomic E-state index is 8.61. The van der Waals surface area contributed by atoms with Crippen molar-refractivity contribution in [3.8, 4) is 12.1 Å². The van der Waals surface area contributed by atoms with Gasteiger partial charge in [-0.3, -0.25) is 0 Å². The monoisotopic (exact) mass is 210 g/mol. The Morgan fingerprint density at radius 2 is 1.85 bits per heavy atom. The van der Waals surface area contributed by atoms with Gasteiger partial charge in [0, 0.05) is 0 Å². The number of nitrogens with zero attached hydrogens (tertiary/aromatic N) is 2. The van der Waals surface area contributed by atoms with E-state index in [-0.39, 0.29) is 11.4 Å². The molecular weight excluding hydrogens is 207 g/mol. The Kier molecular flexibility index (Phi) is 3.14. The molecule has 0 spiro atoms. The second-order valence-corrected chi connectivity index (χ2v) is 3.10. The highest BCUT2D eigenvalue weighted by Gasteiger charge is 2.08. The van der Waals surface area contributed by atoms with Crippen LogP contribution in [0.5, 0.6) is 0 Å². The fourth-order valence-corrected chi connectivity index (χ4v) is 1.36. The Balaban J connectivity index is 3.27. The van der Waals surface area contributed by atoms with Gasteiger partial charge in [-0.1, -0.05) is 29.3 Å². The van der Waals surface area contributed by atoms with E-state index in [1.165, 1.54) is 0 Å². The first kappa shape index (κ1) is 9.86. The lowest BCUT2D eigenvalue weighted by molar-refractivity contribution is 1.26. The molecule has 0 atom stereocenters. The third kappa shape index (κ3) is 1.92. The maximum atomic E-state index is 8.61. The Morgan fingerprint density at radius 3 is 2.38 bits per heavy atom. The quantitative estimate of drug-likeness (QED) is 0.716. The zero-order chi connectivity index (χ0) is 9.84. The van der Waals surface area contributed by atoms with Crippen molar-refractivity contribution >= 4 is 23.2 Å². The lowest BCUT2D eigenvalue weighted by atomic mass is 10.1. The molecule has 1 aromatic carbocycles. The number of nitriles is 2. The van der Waals surface area contributed by atoms with Crippen LogP contribution in [0, 0.1) is 22.7 Å². The molecule has 2 nitrogen and oxygen atoms in total. The molecule has 0 bridgehead atoms. The van der Waals surface area contributed by atoms with Gasteiger partial charge in [0.15, 0.2) is 0 Å². The summed E-state index contributed by atoms with van der Waals surface area (Å²) >= 11 is 11.6. The van der Waals surface area contributed by atoms with E-state index in [4.69, 9.17) is 33.7 Å². The van der Waals surface area contributed by atoms with E-state index in [1.807, 2.05) is 12.1 Å². The third-order valence-corrected chi connectivity index (χ3v) is 2.47. The zero-order valence-corrected chi connectivity index (χ0v) is 8.02. The molecule has 0 saturated carbocycles. The van der Waals surface area contributed by atoms with Crippen LogP contribution >= 0.6 is 23.2 Å². The summed E-state index contributed by atoms with van der Waals surface area (Å²) in [7, 11) is 0. The van der Waals surface area contributed by atoms with Crippen LogP contribution < -0.4 is 0 Å². The van der Waals surface area contributed by atoms with Gasteiger partial charge >= 0.3 is 0 Å². The molecule has 1 rings (SSSR count). The topological polar surface area (TPSA) is 47.6 Å². The molecule has 0 aliphatic carbocycles. The van der Waals surface area contributed by atoms with E-state index in [2.05, 4.69) is 0 Å².